The van der Waals surface area contributed by atoms with Crippen molar-refractivity contribution in [3.8, 4) is 17.1 Å². The van der Waals surface area contributed by atoms with Crippen LogP contribution in [0.2, 0.25) is 0 Å². The van der Waals surface area contributed by atoms with E-state index in [2.05, 4.69) is 65.9 Å². The number of fused-ring (bicyclic) bond motifs is 5. The van der Waals surface area contributed by atoms with Crippen molar-refractivity contribution in [1.29, 1.82) is 0 Å². The molecule has 1 unspecified atom stereocenters. The summed E-state index contributed by atoms with van der Waals surface area (Å²) in [6, 6.07) is 21.3. The average molecular weight is 583 g/mol. The summed E-state index contributed by atoms with van der Waals surface area (Å²) in [6.07, 6.45) is 1.86. The molecule has 7 nitrogen and oxygen atoms in total. The van der Waals surface area contributed by atoms with E-state index in [-0.39, 0.29) is 21.7 Å². The Bertz CT molecular complexity index is 1780. The number of ether oxygens (including phenoxy) is 1. The monoisotopic (exact) mass is 582 g/mol. The molecule has 1 aromatic heterocycles. The molecule has 0 saturated carbocycles. The van der Waals surface area contributed by atoms with Crippen molar-refractivity contribution < 1.29 is 13.2 Å². The molecule has 1 aliphatic carbocycles. The quantitative estimate of drug-likeness (QED) is 0.255. The predicted octanol–water partition coefficient (Wildman–Crippen LogP) is 7.46. The van der Waals surface area contributed by atoms with E-state index in [4.69, 9.17) is 4.74 Å². The van der Waals surface area contributed by atoms with Gasteiger partial charge in [-0.1, -0.05) is 70.2 Å². The van der Waals surface area contributed by atoms with Gasteiger partial charge in [-0.3, -0.25) is 0 Å². The number of nitrogens with zero attached hydrogens (tertiary/aromatic N) is 2. The molecule has 2 heterocycles. The van der Waals surface area contributed by atoms with Gasteiger partial charge in [0.05, 0.1) is 17.1 Å². The van der Waals surface area contributed by atoms with Crippen molar-refractivity contribution in [3.05, 3.63) is 94.5 Å². The molecule has 6 rings (SSSR count). The highest BCUT2D eigenvalue weighted by Gasteiger charge is 2.37. The maximum absolute atomic E-state index is 13.3. The molecular formula is C34H38N4O3S. The Morgan fingerprint density at radius 2 is 1.52 bits per heavy atom. The number of sulfonamides is 1. The summed E-state index contributed by atoms with van der Waals surface area (Å²) >= 11 is 0. The van der Waals surface area contributed by atoms with Gasteiger partial charge in [0.1, 0.15) is 6.10 Å². The molecule has 0 radical (unpaired) electrons. The molecule has 4 bridgehead atoms. The number of hydrogen-bond acceptors (Lipinski definition) is 6. The van der Waals surface area contributed by atoms with E-state index >= 15 is 0 Å². The molecule has 0 fully saturated rings. The molecule has 1 aliphatic heterocycles. The van der Waals surface area contributed by atoms with Crippen molar-refractivity contribution in [1.82, 2.24) is 9.97 Å². The van der Waals surface area contributed by atoms with Crippen LogP contribution in [0.1, 0.15) is 74.5 Å². The molecule has 2 N–H and O–H groups in total. The average Bonchev–Trinajstić information content (AvgIpc) is 2.93. The molecule has 1 atom stereocenters. The maximum atomic E-state index is 13.3. The fourth-order valence-corrected chi connectivity index (χ4v) is 7.21. The first kappa shape index (κ1) is 28.2. The molecule has 3 aromatic carbocycles. The maximum Gasteiger partial charge on any atom is 0.264 e. The van der Waals surface area contributed by atoms with E-state index in [1.54, 1.807) is 24.3 Å². The molecule has 4 aromatic rings. The highest BCUT2D eigenvalue weighted by molar-refractivity contribution is 7.92. The van der Waals surface area contributed by atoms with Crippen LogP contribution < -0.4 is 14.8 Å². The zero-order chi connectivity index (χ0) is 29.9. The molecule has 0 saturated heterocycles. The summed E-state index contributed by atoms with van der Waals surface area (Å²) in [5, 5.41) is 3.42. The van der Waals surface area contributed by atoms with Gasteiger partial charge in [0, 0.05) is 17.3 Å². The molecule has 0 spiro atoms. The van der Waals surface area contributed by atoms with Crippen LogP contribution in [-0.2, 0) is 20.9 Å². The van der Waals surface area contributed by atoms with Crippen LogP contribution in [0.25, 0.3) is 11.3 Å². The van der Waals surface area contributed by atoms with Crippen LogP contribution in [-0.4, -0.2) is 24.9 Å². The zero-order valence-corrected chi connectivity index (χ0v) is 25.9. The minimum atomic E-state index is -3.94. The van der Waals surface area contributed by atoms with Crippen LogP contribution in [0.15, 0.2) is 71.6 Å². The van der Waals surface area contributed by atoms with E-state index in [1.165, 1.54) is 11.1 Å². The molecular weight excluding hydrogens is 544 g/mol. The normalized spacial score (nSPS) is 20.0. The Kier molecular flexibility index (Phi) is 6.80. The van der Waals surface area contributed by atoms with Gasteiger partial charge in [-0.2, -0.15) is 4.98 Å². The number of nitrogens with one attached hydrogen (secondary N) is 2. The molecule has 8 heteroatoms. The fourth-order valence-electron chi connectivity index (χ4n) is 6.22. The van der Waals surface area contributed by atoms with Gasteiger partial charge in [0.2, 0.25) is 11.8 Å². The Balaban J connectivity index is 1.51. The summed E-state index contributed by atoms with van der Waals surface area (Å²) in [4.78, 5) is 9.33. The summed E-state index contributed by atoms with van der Waals surface area (Å²) in [6.45, 7) is 13.7. The molecule has 0 amide bonds. The Hall–Kier alpha value is -3.91. The van der Waals surface area contributed by atoms with Crippen LogP contribution in [0, 0.1) is 13.8 Å². The second-order valence-electron chi connectivity index (χ2n) is 12.9. The van der Waals surface area contributed by atoms with Gasteiger partial charge in [0.25, 0.3) is 10.0 Å². The van der Waals surface area contributed by atoms with Gasteiger partial charge in [-0.25, -0.2) is 18.1 Å². The minimum Gasteiger partial charge on any atom is -0.467 e. The van der Waals surface area contributed by atoms with Crippen LogP contribution >= 0.6 is 0 Å². The topological polar surface area (TPSA) is 93.2 Å². The smallest absolute Gasteiger partial charge is 0.264 e. The van der Waals surface area contributed by atoms with Gasteiger partial charge in [0.15, 0.2) is 0 Å². The lowest BCUT2D eigenvalue weighted by Gasteiger charge is -2.42. The standard InChI is InChI=1S/C34H38N4O3S/c1-21-9-7-10-22(2)31(21)28-19-30-37-32(36-28)38-42(39,40)25-12-8-11-24(18-25)35-20-29(41-30)23-13-14-26-27(17-23)34(5,6)16-15-33(26,3)4/h7-14,17-19,29,35H,15-16,20H2,1-6H3,(H,36,37,38). The van der Waals surface area contributed by atoms with Gasteiger partial charge in [-0.05, 0) is 83.5 Å². The second-order valence-corrected chi connectivity index (χ2v) is 14.6. The summed E-state index contributed by atoms with van der Waals surface area (Å²) in [7, 11) is -3.94. The number of anilines is 2. The van der Waals surface area contributed by atoms with E-state index in [0.717, 1.165) is 35.1 Å². The number of aryl methyl sites for hydroxylation is 2. The number of rotatable bonds is 2. The molecule has 2 aliphatic rings. The minimum absolute atomic E-state index is 0.0313. The van der Waals surface area contributed by atoms with E-state index in [1.807, 2.05) is 38.1 Å². The lowest BCUT2D eigenvalue weighted by molar-refractivity contribution is 0.209. The van der Waals surface area contributed by atoms with Gasteiger partial charge in [-0.15, -0.1) is 0 Å². The van der Waals surface area contributed by atoms with Crippen molar-refractivity contribution in [2.75, 3.05) is 16.6 Å². The van der Waals surface area contributed by atoms with Crippen molar-refractivity contribution in [3.63, 3.8) is 0 Å². The SMILES string of the molecule is Cc1cccc(C)c1-c1cc2nc(n1)NS(=O)(=O)c1cccc(c1)NCC(c1ccc3c(c1)C(C)(C)CCC3(C)C)O2. The predicted molar refractivity (Wildman–Crippen MR) is 168 cm³/mol. The first-order valence-electron chi connectivity index (χ1n) is 14.5. The Morgan fingerprint density at radius 3 is 2.26 bits per heavy atom. The van der Waals surface area contributed by atoms with E-state index in [9.17, 15) is 8.42 Å². The number of hydrogen-bond donors (Lipinski definition) is 2. The zero-order valence-electron chi connectivity index (χ0n) is 25.1. The van der Waals surface area contributed by atoms with Crippen molar-refractivity contribution in [2.45, 2.75) is 76.2 Å². The lowest BCUT2D eigenvalue weighted by Crippen LogP contribution is -2.34. The first-order chi connectivity index (χ1) is 19.8. The number of aromatic nitrogens is 2. The van der Waals surface area contributed by atoms with Gasteiger partial charge < -0.3 is 10.1 Å². The third-order valence-electron chi connectivity index (χ3n) is 8.81. The summed E-state index contributed by atoms with van der Waals surface area (Å²) < 4.78 is 35.9. The third kappa shape index (κ3) is 5.24. The van der Waals surface area contributed by atoms with E-state index in [0.29, 0.717) is 23.8 Å². The molecule has 42 heavy (non-hydrogen) atoms. The highest BCUT2D eigenvalue weighted by Crippen LogP contribution is 2.46. The second kappa shape index (κ2) is 10.1. The Labute approximate surface area is 248 Å². The van der Waals surface area contributed by atoms with Gasteiger partial charge >= 0.3 is 0 Å². The Morgan fingerprint density at radius 1 is 0.833 bits per heavy atom. The third-order valence-corrected chi connectivity index (χ3v) is 10.1. The van der Waals surface area contributed by atoms with Crippen molar-refractivity contribution >= 4 is 21.7 Å². The summed E-state index contributed by atoms with van der Waals surface area (Å²) in [5.41, 5.74) is 8.18. The van der Waals surface area contributed by atoms with Crippen LogP contribution in [0.3, 0.4) is 0 Å². The summed E-state index contributed by atoms with van der Waals surface area (Å²) in [5.74, 6) is 0.268. The largest absolute Gasteiger partial charge is 0.467 e. The van der Waals surface area contributed by atoms with Crippen LogP contribution in [0.4, 0.5) is 11.6 Å². The number of benzene rings is 3. The fraction of sp³-hybridized carbons (Fsp3) is 0.353. The van der Waals surface area contributed by atoms with E-state index < -0.39 is 16.1 Å². The van der Waals surface area contributed by atoms with Crippen LogP contribution in [0.5, 0.6) is 5.88 Å². The first-order valence-corrected chi connectivity index (χ1v) is 15.9. The highest BCUT2D eigenvalue weighted by atomic mass is 32.2. The lowest BCUT2D eigenvalue weighted by atomic mass is 9.63. The van der Waals surface area contributed by atoms with Crippen molar-refractivity contribution in [2.24, 2.45) is 0 Å². The molecule has 218 valence electrons.